The van der Waals surface area contributed by atoms with Crippen LogP contribution in [0.2, 0.25) is 0 Å². The molecule has 2 aliphatic carbocycles. The number of hydrogen-bond acceptors (Lipinski definition) is 1. The summed E-state index contributed by atoms with van der Waals surface area (Å²) in [5.41, 5.74) is 1.07. The van der Waals surface area contributed by atoms with Crippen molar-refractivity contribution in [1.82, 2.24) is 0 Å². The summed E-state index contributed by atoms with van der Waals surface area (Å²) in [5, 5.41) is 0. The SMILES string of the molecule is CC(C)CN1c2cccc(C(F)(F)F)c2[C@H]2C3CCC(C3)[C@H]21. The number of alkyl halides is 3. The molecule has 0 radical (unpaired) electrons. The maximum absolute atomic E-state index is 13.5. The molecule has 4 heteroatoms. The molecule has 2 bridgehead atoms. The van der Waals surface area contributed by atoms with Crippen molar-refractivity contribution in [2.75, 3.05) is 11.4 Å². The van der Waals surface area contributed by atoms with Gasteiger partial charge in [0.1, 0.15) is 0 Å². The molecule has 3 aliphatic rings. The summed E-state index contributed by atoms with van der Waals surface area (Å²) in [6, 6.07) is 5.07. The minimum absolute atomic E-state index is 0.102. The zero-order valence-corrected chi connectivity index (χ0v) is 13.0. The van der Waals surface area contributed by atoms with Gasteiger partial charge in [0.05, 0.1) is 5.56 Å². The van der Waals surface area contributed by atoms with E-state index in [2.05, 4.69) is 18.7 Å². The van der Waals surface area contributed by atoms with Crippen molar-refractivity contribution in [3.63, 3.8) is 0 Å². The van der Waals surface area contributed by atoms with E-state index >= 15 is 0 Å². The summed E-state index contributed by atoms with van der Waals surface area (Å²) in [5.74, 6) is 1.60. The molecule has 4 rings (SSSR count). The van der Waals surface area contributed by atoms with Crippen molar-refractivity contribution in [2.24, 2.45) is 17.8 Å². The quantitative estimate of drug-likeness (QED) is 0.738. The summed E-state index contributed by atoms with van der Waals surface area (Å²) in [6.07, 6.45) is -0.829. The van der Waals surface area contributed by atoms with Crippen LogP contribution in [0.3, 0.4) is 0 Å². The van der Waals surface area contributed by atoms with Crippen molar-refractivity contribution in [2.45, 2.75) is 51.2 Å². The fraction of sp³-hybridized carbons (Fsp3) is 0.667. The Balaban J connectivity index is 1.86. The Morgan fingerprint density at radius 3 is 2.59 bits per heavy atom. The van der Waals surface area contributed by atoms with E-state index in [1.807, 2.05) is 6.07 Å². The van der Waals surface area contributed by atoms with Crippen molar-refractivity contribution in [3.8, 4) is 0 Å². The minimum atomic E-state index is -4.24. The third-order valence-corrected chi connectivity index (χ3v) is 5.83. The number of nitrogens with zero attached hydrogens (tertiary/aromatic N) is 1. The number of benzene rings is 1. The first kappa shape index (κ1) is 14.4. The maximum atomic E-state index is 13.5. The fourth-order valence-electron chi connectivity index (χ4n) is 5.29. The van der Waals surface area contributed by atoms with Crippen LogP contribution in [0.4, 0.5) is 18.9 Å². The number of halogens is 3. The molecule has 0 N–H and O–H groups in total. The van der Waals surface area contributed by atoms with Gasteiger partial charge in [-0.05, 0) is 54.7 Å². The van der Waals surface area contributed by atoms with Gasteiger partial charge in [0.2, 0.25) is 0 Å². The van der Waals surface area contributed by atoms with Crippen molar-refractivity contribution in [3.05, 3.63) is 29.3 Å². The van der Waals surface area contributed by atoms with Crippen LogP contribution < -0.4 is 4.90 Å². The molecule has 0 spiro atoms. The Hall–Kier alpha value is -1.19. The minimum Gasteiger partial charge on any atom is -0.367 e. The molecular formula is C18H22F3N. The molecule has 0 amide bonds. The second kappa shape index (κ2) is 4.65. The summed E-state index contributed by atoms with van der Waals surface area (Å²) >= 11 is 0. The molecule has 4 atom stereocenters. The van der Waals surface area contributed by atoms with Crippen LogP contribution in [0.1, 0.15) is 50.2 Å². The average molecular weight is 309 g/mol. The van der Waals surface area contributed by atoms with E-state index in [0.29, 0.717) is 29.4 Å². The summed E-state index contributed by atoms with van der Waals surface area (Å²) in [7, 11) is 0. The van der Waals surface area contributed by atoms with Crippen LogP contribution in [0.25, 0.3) is 0 Å². The van der Waals surface area contributed by atoms with E-state index in [4.69, 9.17) is 0 Å². The van der Waals surface area contributed by atoms with Crippen molar-refractivity contribution < 1.29 is 13.2 Å². The zero-order valence-electron chi connectivity index (χ0n) is 13.0. The molecule has 2 saturated carbocycles. The average Bonchev–Trinajstić information content (AvgIpc) is 3.09. The lowest BCUT2D eigenvalue weighted by Crippen LogP contribution is -2.40. The molecule has 2 unspecified atom stereocenters. The lowest BCUT2D eigenvalue weighted by Gasteiger charge is -2.34. The molecule has 22 heavy (non-hydrogen) atoms. The summed E-state index contributed by atoms with van der Waals surface area (Å²) in [4.78, 5) is 2.31. The van der Waals surface area contributed by atoms with Crippen LogP contribution in [0, 0.1) is 17.8 Å². The molecular weight excluding hydrogens is 287 g/mol. The third-order valence-electron chi connectivity index (χ3n) is 5.83. The molecule has 2 fully saturated rings. The molecule has 120 valence electrons. The molecule has 1 aromatic rings. The lowest BCUT2D eigenvalue weighted by molar-refractivity contribution is -0.138. The topological polar surface area (TPSA) is 3.24 Å². The van der Waals surface area contributed by atoms with Crippen LogP contribution in [0.5, 0.6) is 0 Å². The second-order valence-electron chi connectivity index (χ2n) is 7.63. The van der Waals surface area contributed by atoms with E-state index in [0.717, 1.165) is 25.1 Å². The van der Waals surface area contributed by atoms with Gasteiger partial charge >= 0.3 is 6.18 Å². The third kappa shape index (κ3) is 1.92. The molecule has 1 nitrogen and oxygen atoms in total. The number of hydrogen-bond donors (Lipinski definition) is 0. The highest BCUT2D eigenvalue weighted by Gasteiger charge is 2.57. The van der Waals surface area contributed by atoms with Crippen molar-refractivity contribution >= 4 is 5.69 Å². The standard InChI is InChI=1S/C18H22F3N/c1-10(2)9-22-14-5-3-4-13(18(19,20)21)16(14)15-11-6-7-12(8-11)17(15)22/h3-5,10-12,15,17H,6-9H2,1-2H3/t11?,12?,15-,17-/m1/s1. The van der Waals surface area contributed by atoms with Crippen LogP contribution in [0.15, 0.2) is 18.2 Å². The van der Waals surface area contributed by atoms with E-state index < -0.39 is 6.18 Å². The number of rotatable bonds is 2. The van der Waals surface area contributed by atoms with Gasteiger partial charge in [0, 0.05) is 24.2 Å². The Bertz CT molecular complexity index is 592. The predicted octanol–water partition coefficient (Wildman–Crippen LogP) is 5.06. The van der Waals surface area contributed by atoms with Gasteiger partial charge in [-0.25, -0.2) is 0 Å². The molecule has 1 aliphatic heterocycles. The van der Waals surface area contributed by atoms with E-state index in [1.165, 1.54) is 12.5 Å². The van der Waals surface area contributed by atoms with Gasteiger partial charge in [-0.2, -0.15) is 13.2 Å². The Labute approximate surface area is 129 Å². The first-order valence-corrected chi connectivity index (χ1v) is 8.34. The van der Waals surface area contributed by atoms with E-state index in [9.17, 15) is 13.2 Å². The molecule has 0 saturated heterocycles. The fourth-order valence-corrected chi connectivity index (χ4v) is 5.29. The Morgan fingerprint density at radius 2 is 1.91 bits per heavy atom. The lowest BCUT2D eigenvalue weighted by atomic mass is 9.80. The Kier molecular flexibility index (Phi) is 3.05. The van der Waals surface area contributed by atoms with Gasteiger partial charge in [-0.3, -0.25) is 0 Å². The maximum Gasteiger partial charge on any atom is 0.416 e. The predicted molar refractivity (Wildman–Crippen MR) is 81.0 cm³/mol. The molecule has 0 aromatic heterocycles. The highest BCUT2D eigenvalue weighted by molar-refractivity contribution is 5.66. The highest BCUT2D eigenvalue weighted by Crippen LogP contribution is 2.62. The number of fused-ring (bicyclic) bond motifs is 7. The number of anilines is 1. The second-order valence-corrected chi connectivity index (χ2v) is 7.63. The van der Waals surface area contributed by atoms with E-state index in [1.54, 1.807) is 6.07 Å². The summed E-state index contributed by atoms with van der Waals surface area (Å²) < 4.78 is 40.5. The monoisotopic (exact) mass is 309 g/mol. The van der Waals surface area contributed by atoms with Gasteiger partial charge in [0.15, 0.2) is 0 Å². The summed E-state index contributed by atoms with van der Waals surface area (Å²) in [6.45, 7) is 5.15. The van der Waals surface area contributed by atoms with E-state index in [-0.39, 0.29) is 11.5 Å². The molecule has 1 heterocycles. The zero-order chi connectivity index (χ0) is 15.6. The van der Waals surface area contributed by atoms with Gasteiger partial charge in [0.25, 0.3) is 0 Å². The normalized spacial score (nSPS) is 32.7. The largest absolute Gasteiger partial charge is 0.416 e. The van der Waals surface area contributed by atoms with Crippen LogP contribution >= 0.6 is 0 Å². The van der Waals surface area contributed by atoms with Crippen molar-refractivity contribution in [1.29, 1.82) is 0 Å². The molecule has 1 aromatic carbocycles. The first-order chi connectivity index (χ1) is 10.4. The van der Waals surface area contributed by atoms with Crippen LogP contribution in [-0.4, -0.2) is 12.6 Å². The Morgan fingerprint density at radius 1 is 1.18 bits per heavy atom. The van der Waals surface area contributed by atoms with Gasteiger partial charge < -0.3 is 4.90 Å². The highest BCUT2D eigenvalue weighted by atomic mass is 19.4. The smallest absolute Gasteiger partial charge is 0.367 e. The van der Waals surface area contributed by atoms with Gasteiger partial charge in [-0.1, -0.05) is 19.9 Å². The van der Waals surface area contributed by atoms with Gasteiger partial charge in [-0.15, -0.1) is 0 Å². The van der Waals surface area contributed by atoms with Crippen LogP contribution in [-0.2, 0) is 6.18 Å². The first-order valence-electron chi connectivity index (χ1n) is 8.34.